The Morgan fingerprint density at radius 2 is 1.89 bits per heavy atom. The van der Waals surface area contributed by atoms with E-state index in [2.05, 4.69) is 0 Å². The third kappa shape index (κ3) is 3.50. The summed E-state index contributed by atoms with van der Waals surface area (Å²) in [5.74, 6) is -3.50. The number of Topliss-reactive ketones (excluding diaryl/α,β-unsaturated/α-hetero) is 1. The van der Waals surface area contributed by atoms with E-state index in [1.807, 2.05) is 0 Å². The smallest absolute Gasteiger partial charge is 0.285 e. The van der Waals surface area contributed by atoms with E-state index in [0.29, 0.717) is 6.42 Å². The van der Waals surface area contributed by atoms with E-state index in [1.54, 1.807) is 20.8 Å². The molecule has 1 heterocycles. The molecule has 1 fully saturated rings. The maximum Gasteiger partial charge on any atom is 0.285 e. The van der Waals surface area contributed by atoms with E-state index in [4.69, 9.17) is 15.2 Å². The van der Waals surface area contributed by atoms with Crippen molar-refractivity contribution in [1.29, 1.82) is 0 Å². The highest BCUT2D eigenvalue weighted by atomic mass is 16.7. The van der Waals surface area contributed by atoms with Crippen LogP contribution in [-0.4, -0.2) is 52.6 Å². The Labute approximate surface area is 111 Å². The van der Waals surface area contributed by atoms with Crippen molar-refractivity contribution < 1.29 is 29.3 Å². The van der Waals surface area contributed by atoms with E-state index in [1.165, 1.54) is 0 Å². The normalized spacial score (nSPS) is 35.4. The lowest BCUT2D eigenvalue weighted by atomic mass is 9.86. The number of aliphatic hydroxyl groups excluding tert-OH is 2. The van der Waals surface area contributed by atoms with E-state index in [0.717, 1.165) is 0 Å². The highest BCUT2D eigenvalue weighted by Crippen LogP contribution is 2.29. The van der Waals surface area contributed by atoms with Crippen molar-refractivity contribution in [3.63, 3.8) is 0 Å². The molecule has 1 saturated heterocycles. The number of rotatable bonds is 5. The molecule has 0 aromatic rings. The molecule has 0 radical (unpaired) electrons. The van der Waals surface area contributed by atoms with Crippen molar-refractivity contribution in [3.05, 3.63) is 0 Å². The molecule has 1 aliphatic rings. The lowest BCUT2D eigenvalue weighted by molar-refractivity contribution is -0.282. The maximum atomic E-state index is 11.7. The van der Waals surface area contributed by atoms with Gasteiger partial charge in [-0.1, -0.05) is 6.92 Å². The van der Waals surface area contributed by atoms with Crippen LogP contribution in [0.15, 0.2) is 0 Å². The first kappa shape index (κ1) is 16.0. The van der Waals surface area contributed by atoms with Gasteiger partial charge in [0.1, 0.15) is 12.0 Å². The lowest BCUT2D eigenvalue weighted by Crippen LogP contribution is -2.59. The summed E-state index contributed by atoms with van der Waals surface area (Å²) < 4.78 is 10.9. The average molecular weight is 275 g/mol. The molecule has 0 aromatic heterocycles. The highest BCUT2D eigenvalue weighted by Gasteiger charge is 2.49. The SMILES string of the molecule is CC[C@H]1OC(OC(C)C)[C@H](C(=O)C(N)=O)[C@@H](O)[C@H]1O. The van der Waals surface area contributed by atoms with Gasteiger partial charge in [-0.3, -0.25) is 9.59 Å². The third-order valence-corrected chi connectivity index (χ3v) is 3.06. The van der Waals surface area contributed by atoms with Gasteiger partial charge in [0.15, 0.2) is 6.29 Å². The minimum absolute atomic E-state index is 0.270. The molecule has 19 heavy (non-hydrogen) atoms. The first-order valence-corrected chi connectivity index (χ1v) is 6.30. The number of amides is 1. The van der Waals surface area contributed by atoms with E-state index in [-0.39, 0.29) is 6.10 Å². The number of hydrogen-bond donors (Lipinski definition) is 3. The molecule has 5 atom stereocenters. The van der Waals surface area contributed by atoms with Gasteiger partial charge in [0.2, 0.25) is 5.78 Å². The Kier molecular flexibility index (Phi) is 5.42. The summed E-state index contributed by atoms with van der Waals surface area (Å²) in [6.07, 6.45) is -4.28. The first-order chi connectivity index (χ1) is 8.79. The zero-order chi connectivity index (χ0) is 14.7. The number of carbonyl (C=O) groups is 2. The van der Waals surface area contributed by atoms with Crippen LogP contribution in [0.5, 0.6) is 0 Å². The summed E-state index contributed by atoms with van der Waals surface area (Å²) in [4.78, 5) is 22.7. The van der Waals surface area contributed by atoms with E-state index < -0.39 is 42.2 Å². The molecule has 1 amide bonds. The number of primary amides is 1. The van der Waals surface area contributed by atoms with Crippen molar-refractivity contribution in [1.82, 2.24) is 0 Å². The molecule has 1 aliphatic heterocycles. The molecule has 0 aliphatic carbocycles. The monoisotopic (exact) mass is 275 g/mol. The van der Waals surface area contributed by atoms with Gasteiger partial charge < -0.3 is 25.4 Å². The van der Waals surface area contributed by atoms with Crippen LogP contribution in [0, 0.1) is 5.92 Å². The molecule has 7 nitrogen and oxygen atoms in total. The molecular formula is C12H21NO6. The number of ketones is 1. The second kappa shape index (κ2) is 6.42. The summed E-state index contributed by atoms with van der Waals surface area (Å²) in [5.41, 5.74) is 4.94. The Morgan fingerprint density at radius 1 is 1.32 bits per heavy atom. The standard InChI is InChI=1S/C12H21NO6/c1-4-6-8(14)9(15)7(10(16)11(13)17)12(19-6)18-5(2)3/h5-9,12,14-15H,4H2,1-3H3,(H2,13,17)/t6-,7+,8+,9-,12?/m1/s1. The van der Waals surface area contributed by atoms with Crippen LogP contribution >= 0.6 is 0 Å². The Balaban J connectivity index is 2.99. The quantitative estimate of drug-likeness (QED) is 0.550. The average Bonchev–Trinajstić information content (AvgIpc) is 2.32. The molecule has 7 heteroatoms. The molecule has 0 saturated carbocycles. The predicted molar refractivity (Wildman–Crippen MR) is 64.9 cm³/mol. The molecule has 1 rings (SSSR count). The number of carbonyl (C=O) groups excluding carboxylic acids is 2. The molecule has 110 valence electrons. The molecule has 4 N–H and O–H groups in total. The van der Waals surface area contributed by atoms with Gasteiger partial charge >= 0.3 is 0 Å². The number of ether oxygens (including phenoxy) is 2. The lowest BCUT2D eigenvalue weighted by Gasteiger charge is -2.41. The zero-order valence-corrected chi connectivity index (χ0v) is 11.3. The van der Waals surface area contributed by atoms with Crippen LogP contribution in [-0.2, 0) is 19.1 Å². The zero-order valence-electron chi connectivity index (χ0n) is 11.3. The molecule has 0 bridgehead atoms. The Hall–Kier alpha value is -1.02. The molecule has 1 unspecified atom stereocenters. The Morgan fingerprint density at radius 3 is 2.32 bits per heavy atom. The summed E-state index contributed by atoms with van der Waals surface area (Å²) in [6.45, 7) is 5.23. The van der Waals surface area contributed by atoms with Gasteiger partial charge in [-0.2, -0.15) is 0 Å². The summed E-state index contributed by atoms with van der Waals surface area (Å²) in [6, 6.07) is 0. The maximum absolute atomic E-state index is 11.7. The van der Waals surface area contributed by atoms with Gasteiger partial charge in [-0.05, 0) is 20.3 Å². The van der Waals surface area contributed by atoms with Crippen molar-refractivity contribution in [3.8, 4) is 0 Å². The highest BCUT2D eigenvalue weighted by molar-refractivity contribution is 6.36. The van der Waals surface area contributed by atoms with Gasteiger partial charge in [0.25, 0.3) is 5.91 Å². The summed E-state index contributed by atoms with van der Waals surface area (Å²) in [5, 5.41) is 19.9. The van der Waals surface area contributed by atoms with Crippen LogP contribution in [0.25, 0.3) is 0 Å². The minimum atomic E-state index is -1.44. The van der Waals surface area contributed by atoms with E-state index in [9.17, 15) is 19.8 Å². The Bertz CT molecular complexity index is 345. The van der Waals surface area contributed by atoms with Crippen molar-refractivity contribution >= 4 is 11.7 Å². The largest absolute Gasteiger partial charge is 0.389 e. The minimum Gasteiger partial charge on any atom is -0.389 e. The van der Waals surface area contributed by atoms with Crippen LogP contribution < -0.4 is 5.73 Å². The molecule has 0 spiro atoms. The first-order valence-electron chi connectivity index (χ1n) is 6.30. The number of aliphatic hydroxyl groups is 2. The molecular weight excluding hydrogens is 254 g/mol. The van der Waals surface area contributed by atoms with E-state index >= 15 is 0 Å². The fourth-order valence-corrected chi connectivity index (χ4v) is 2.10. The predicted octanol–water partition coefficient (Wildman–Crippen LogP) is -1.06. The van der Waals surface area contributed by atoms with Crippen molar-refractivity contribution in [2.75, 3.05) is 0 Å². The van der Waals surface area contributed by atoms with Crippen molar-refractivity contribution in [2.24, 2.45) is 11.7 Å². The number of nitrogens with two attached hydrogens (primary N) is 1. The summed E-state index contributed by atoms with van der Waals surface area (Å²) >= 11 is 0. The van der Waals surface area contributed by atoms with Crippen LogP contribution in [0.4, 0.5) is 0 Å². The second-order valence-electron chi connectivity index (χ2n) is 4.87. The van der Waals surface area contributed by atoms with Crippen LogP contribution in [0.1, 0.15) is 27.2 Å². The van der Waals surface area contributed by atoms with Gasteiger partial charge in [-0.15, -0.1) is 0 Å². The van der Waals surface area contributed by atoms with Crippen LogP contribution in [0.2, 0.25) is 0 Å². The number of hydrogen-bond acceptors (Lipinski definition) is 6. The fourth-order valence-electron chi connectivity index (χ4n) is 2.10. The van der Waals surface area contributed by atoms with Gasteiger partial charge in [-0.25, -0.2) is 0 Å². The molecule has 0 aromatic carbocycles. The van der Waals surface area contributed by atoms with Crippen molar-refractivity contribution in [2.45, 2.75) is 57.9 Å². The third-order valence-electron chi connectivity index (χ3n) is 3.06. The fraction of sp³-hybridized carbons (Fsp3) is 0.833. The second-order valence-corrected chi connectivity index (χ2v) is 4.87. The van der Waals surface area contributed by atoms with Gasteiger partial charge in [0.05, 0.1) is 18.3 Å². The van der Waals surface area contributed by atoms with Gasteiger partial charge in [0, 0.05) is 0 Å². The van der Waals surface area contributed by atoms with Crippen LogP contribution in [0.3, 0.4) is 0 Å². The topological polar surface area (TPSA) is 119 Å². The summed E-state index contributed by atoms with van der Waals surface area (Å²) in [7, 11) is 0.